The molecule has 3 aromatic carbocycles. The van der Waals surface area contributed by atoms with Gasteiger partial charge in [-0.1, -0.05) is 49.4 Å². The lowest BCUT2D eigenvalue weighted by atomic mass is 9.82. The topological polar surface area (TPSA) is 128 Å². The summed E-state index contributed by atoms with van der Waals surface area (Å²) in [4.78, 5) is 56.2. The van der Waals surface area contributed by atoms with Gasteiger partial charge in [-0.15, -0.1) is 0 Å². The van der Waals surface area contributed by atoms with E-state index < -0.39 is 20.0 Å². The van der Waals surface area contributed by atoms with Gasteiger partial charge in [0.15, 0.2) is 13.9 Å². The SMILES string of the molecule is C[C@H]1[C@H]([Si](C)(C)O)[C@@H](CC(=O)N2CCC[C@H]2CO)O[C@]12C(=O)N(Cc1ccc(-n3[nH]c4ccccc4c3=O)cc1)c1ccccc12. The van der Waals surface area contributed by atoms with Crippen molar-refractivity contribution in [1.82, 2.24) is 14.7 Å². The second kappa shape index (κ2) is 11.3. The Hall–Kier alpha value is -4.03. The molecule has 1 aromatic heterocycles. The number of ether oxygens (including phenoxy) is 1. The standard InChI is InChI=1S/C35H40N4O6Si/c1-22-32(46(2,3)44)30(19-31(41)37-18-8-9-25(37)21-40)45-35(22)27-11-5-7-13-29(27)38(34(35)43)20-23-14-16-24(17-15-23)39-33(42)26-10-4-6-12-28(26)36-39/h4-7,10-17,22,25,30,32,36,40,44H,8-9,18-21H2,1-3H3/t22-,25-,30+,32-,35+/m0/s1. The van der Waals surface area contributed by atoms with Crippen molar-refractivity contribution in [3.8, 4) is 5.69 Å². The van der Waals surface area contributed by atoms with Crippen molar-refractivity contribution in [2.75, 3.05) is 18.1 Å². The molecule has 0 radical (unpaired) electrons. The maximum absolute atomic E-state index is 14.6. The zero-order valence-corrected chi connectivity index (χ0v) is 27.3. The van der Waals surface area contributed by atoms with Crippen molar-refractivity contribution in [2.45, 2.75) is 69.1 Å². The Morgan fingerprint density at radius 2 is 1.76 bits per heavy atom. The molecule has 10 nitrogen and oxygen atoms in total. The molecule has 240 valence electrons. The Bertz CT molecular complexity index is 1860. The van der Waals surface area contributed by atoms with Crippen LogP contribution in [0.2, 0.25) is 18.6 Å². The number of nitrogens with zero attached hydrogens (tertiary/aromatic N) is 3. The van der Waals surface area contributed by atoms with Crippen molar-refractivity contribution in [3.63, 3.8) is 0 Å². The van der Waals surface area contributed by atoms with Crippen molar-refractivity contribution < 1.29 is 24.2 Å². The quantitative estimate of drug-likeness (QED) is 0.262. The molecule has 2 saturated heterocycles. The largest absolute Gasteiger partial charge is 0.432 e. The van der Waals surface area contributed by atoms with E-state index in [-0.39, 0.29) is 54.4 Å². The summed E-state index contributed by atoms with van der Waals surface area (Å²) in [5.74, 6) is -0.692. The lowest BCUT2D eigenvalue weighted by Crippen LogP contribution is -2.46. The number of aliphatic hydroxyl groups is 1. The normalized spacial score (nSPS) is 26.1. The summed E-state index contributed by atoms with van der Waals surface area (Å²) in [6.45, 7) is 6.47. The number of aromatic nitrogens is 2. The number of aromatic amines is 1. The molecule has 2 amide bonds. The van der Waals surface area contributed by atoms with Crippen LogP contribution in [0.3, 0.4) is 0 Å². The van der Waals surface area contributed by atoms with Gasteiger partial charge in [0.2, 0.25) is 5.91 Å². The summed E-state index contributed by atoms with van der Waals surface area (Å²) in [6.07, 6.45) is 1.01. The molecule has 0 bridgehead atoms. The number of anilines is 1. The molecule has 0 aliphatic carbocycles. The summed E-state index contributed by atoms with van der Waals surface area (Å²) in [5, 5.41) is 13.6. The summed E-state index contributed by atoms with van der Waals surface area (Å²) >= 11 is 0. The average molecular weight is 641 g/mol. The maximum atomic E-state index is 14.6. The highest BCUT2D eigenvalue weighted by Gasteiger charge is 2.66. The fraction of sp³-hybridized carbons (Fsp3) is 0.400. The van der Waals surface area contributed by atoms with E-state index >= 15 is 0 Å². The molecule has 0 saturated carbocycles. The number of carbonyl (C=O) groups is 2. The van der Waals surface area contributed by atoms with Gasteiger partial charge in [0, 0.05) is 23.6 Å². The van der Waals surface area contributed by atoms with Crippen LogP contribution in [0.25, 0.3) is 16.6 Å². The number of fused-ring (bicyclic) bond motifs is 3. The summed E-state index contributed by atoms with van der Waals surface area (Å²) < 4.78 is 8.33. The Balaban J connectivity index is 1.19. The first kappa shape index (κ1) is 30.6. The first-order chi connectivity index (χ1) is 22.0. The zero-order valence-electron chi connectivity index (χ0n) is 26.3. The molecule has 3 aliphatic heterocycles. The number of hydrogen-bond acceptors (Lipinski definition) is 6. The molecule has 0 unspecified atom stereocenters. The third-order valence-corrected chi connectivity index (χ3v) is 12.8. The van der Waals surface area contributed by atoms with E-state index in [4.69, 9.17) is 4.74 Å². The number of hydrogen-bond donors (Lipinski definition) is 3. The van der Waals surface area contributed by atoms with Crippen LogP contribution in [0.15, 0.2) is 77.6 Å². The monoisotopic (exact) mass is 640 g/mol. The average Bonchev–Trinajstić information content (AvgIpc) is 3.78. The van der Waals surface area contributed by atoms with Crippen LogP contribution in [-0.2, 0) is 26.5 Å². The van der Waals surface area contributed by atoms with Crippen LogP contribution in [0.4, 0.5) is 5.69 Å². The number of amides is 2. The van der Waals surface area contributed by atoms with Gasteiger partial charge in [0.1, 0.15) is 0 Å². The lowest BCUT2D eigenvalue weighted by Gasteiger charge is -2.32. The van der Waals surface area contributed by atoms with Crippen LogP contribution in [-0.4, -0.2) is 70.0 Å². The minimum Gasteiger partial charge on any atom is -0.432 e. The van der Waals surface area contributed by atoms with Gasteiger partial charge >= 0.3 is 0 Å². The molecule has 4 aromatic rings. The number of H-pyrrole nitrogens is 1. The van der Waals surface area contributed by atoms with Crippen LogP contribution >= 0.6 is 0 Å². The first-order valence-corrected chi connectivity index (χ1v) is 19.1. The minimum atomic E-state index is -2.93. The Morgan fingerprint density at radius 1 is 1.04 bits per heavy atom. The van der Waals surface area contributed by atoms with Gasteiger partial charge in [0.05, 0.1) is 54.0 Å². The van der Waals surface area contributed by atoms with Gasteiger partial charge in [0.25, 0.3) is 11.5 Å². The molecular formula is C35H40N4O6Si. The smallest absolute Gasteiger partial charge is 0.279 e. The van der Waals surface area contributed by atoms with E-state index in [9.17, 15) is 24.3 Å². The van der Waals surface area contributed by atoms with Gasteiger partial charge in [-0.2, -0.15) is 0 Å². The van der Waals surface area contributed by atoms with E-state index in [1.165, 1.54) is 4.68 Å². The van der Waals surface area contributed by atoms with E-state index in [0.29, 0.717) is 17.6 Å². The first-order valence-electron chi connectivity index (χ1n) is 16.1. The molecular weight excluding hydrogens is 600 g/mol. The van der Waals surface area contributed by atoms with Gasteiger partial charge < -0.3 is 24.4 Å². The van der Waals surface area contributed by atoms with E-state index in [1.54, 1.807) is 15.9 Å². The van der Waals surface area contributed by atoms with Gasteiger partial charge in [-0.3, -0.25) is 19.5 Å². The molecule has 7 rings (SSSR count). The third-order valence-electron chi connectivity index (χ3n) is 10.3. The van der Waals surface area contributed by atoms with E-state index in [2.05, 4.69) is 5.10 Å². The fourth-order valence-electron chi connectivity index (χ4n) is 8.21. The molecule has 4 heterocycles. The van der Waals surface area contributed by atoms with Crippen LogP contribution in [0.1, 0.15) is 37.3 Å². The number of carbonyl (C=O) groups excluding carboxylic acids is 2. The van der Waals surface area contributed by atoms with Crippen LogP contribution in [0, 0.1) is 5.92 Å². The third kappa shape index (κ3) is 4.76. The summed E-state index contributed by atoms with van der Waals surface area (Å²) in [7, 11) is -2.93. The molecule has 3 aliphatic rings. The Morgan fingerprint density at radius 3 is 2.48 bits per heavy atom. The maximum Gasteiger partial charge on any atom is 0.279 e. The highest BCUT2D eigenvalue weighted by molar-refractivity contribution is 6.71. The molecule has 1 spiro atoms. The van der Waals surface area contributed by atoms with Crippen molar-refractivity contribution >= 4 is 36.7 Å². The van der Waals surface area contributed by atoms with Gasteiger partial charge in [-0.25, -0.2) is 4.68 Å². The number of rotatable bonds is 7. The second-order valence-corrected chi connectivity index (χ2v) is 17.5. The fourth-order valence-corrected chi connectivity index (χ4v) is 10.8. The number of nitrogens with one attached hydrogen (secondary N) is 1. The van der Waals surface area contributed by atoms with Crippen LogP contribution < -0.4 is 10.5 Å². The molecule has 2 fully saturated rings. The predicted molar refractivity (Wildman–Crippen MR) is 177 cm³/mol. The van der Waals surface area contributed by atoms with E-state index in [1.807, 2.05) is 86.7 Å². The number of aliphatic hydroxyl groups excluding tert-OH is 1. The van der Waals surface area contributed by atoms with E-state index in [0.717, 1.165) is 35.2 Å². The number of benzene rings is 3. The molecule has 5 atom stereocenters. The zero-order chi connectivity index (χ0) is 32.4. The summed E-state index contributed by atoms with van der Waals surface area (Å²) in [6, 6.07) is 22.3. The Kier molecular flexibility index (Phi) is 7.55. The summed E-state index contributed by atoms with van der Waals surface area (Å²) in [5.41, 5.74) is 2.00. The van der Waals surface area contributed by atoms with Crippen molar-refractivity contribution in [1.29, 1.82) is 0 Å². The highest BCUT2D eigenvalue weighted by Crippen LogP contribution is 2.59. The highest BCUT2D eigenvalue weighted by atomic mass is 28.4. The minimum absolute atomic E-state index is 0.0499. The number of para-hydroxylation sites is 2. The Labute approximate surface area is 268 Å². The number of likely N-dealkylation sites (tertiary alicyclic amines) is 1. The van der Waals surface area contributed by atoms with Crippen molar-refractivity contribution in [2.24, 2.45) is 5.92 Å². The second-order valence-electron chi connectivity index (χ2n) is 13.5. The molecule has 46 heavy (non-hydrogen) atoms. The predicted octanol–water partition coefficient (Wildman–Crippen LogP) is 4.04. The van der Waals surface area contributed by atoms with Crippen molar-refractivity contribution in [3.05, 3.63) is 94.3 Å². The lowest BCUT2D eigenvalue weighted by molar-refractivity contribution is -0.150. The van der Waals surface area contributed by atoms with Gasteiger partial charge in [-0.05, 0) is 61.8 Å². The molecule has 3 N–H and O–H groups in total. The van der Waals surface area contributed by atoms with Crippen LogP contribution in [0.5, 0.6) is 0 Å². The molecule has 11 heteroatoms.